The van der Waals surface area contributed by atoms with E-state index in [9.17, 15) is 14.9 Å². The van der Waals surface area contributed by atoms with Crippen LogP contribution in [0.1, 0.15) is 30.6 Å². The molecule has 1 aromatic heterocycles. The summed E-state index contributed by atoms with van der Waals surface area (Å²) >= 11 is 1.60. The molecule has 1 aliphatic carbocycles. The fourth-order valence-corrected chi connectivity index (χ4v) is 4.05. The SMILES string of the molecule is O=C(Nc1cccc([N+](=O)[O-])c1)C1(c2cccs2)CCCC1. The van der Waals surface area contributed by atoms with Crippen LogP contribution in [0.15, 0.2) is 41.8 Å². The summed E-state index contributed by atoms with van der Waals surface area (Å²) in [5, 5.41) is 15.7. The van der Waals surface area contributed by atoms with Crippen molar-refractivity contribution in [3.8, 4) is 0 Å². The molecule has 0 spiro atoms. The van der Waals surface area contributed by atoms with Crippen LogP contribution < -0.4 is 5.32 Å². The van der Waals surface area contributed by atoms with Crippen LogP contribution in [0.5, 0.6) is 0 Å². The lowest BCUT2D eigenvalue weighted by Crippen LogP contribution is -2.37. The molecule has 114 valence electrons. The molecule has 0 saturated heterocycles. The number of thiophene rings is 1. The van der Waals surface area contributed by atoms with E-state index in [0.717, 1.165) is 30.6 Å². The van der Waals surface area contributed by atoms with Gasteiger partial charge in [0.15, 0.2) is 0 Å². The van der Waals surface area contributed by atoms with Crippen LogP contribution in [-0.4, -0.2) is 10.8 Å². The predicted octanol–water partition coefficient (Wildman–Crippen LogP) is 4.11. The van der Waals surface area contributed by atoms with E-state index in [2.05, 4.69) is 5.32 Å². The second-order valence-corrected chi connectivity index (χ2v) is 6.48. The second-order valence-electron chi connectivity index (χ2n) is 5.53. The number of nitro groups is 1. The monoisotopic (exact) mass is 316 g/mol. The number of carbonyl (C=O) groups is 1. The van der Waals surface area contributed by atoms with E-state index in [-0.39, 0.29) is 11.6 Å². The number of nitrogens with one attached hydrogen (secondary N) is 1. The number of rotatable bonds is 4. The molecule has 6 heteroatoms. The Bertz CT molecular complexity index is 691. The fraction of sp³-hybridized carbons (Fsp3) is 0.312. The van der Waals surface area contributed by atoms with E-state index in [1.54, 1.807) is 23.5 Å². The van der Waals surface area contributed by atoms with Gasteiger partial charge in [-0.2, -0.15) is 0 Å². The molecular weight excluding hydrogens is 300 g/mol. The van der Waals surface area contributed by atoms with Gasteiger partial charge in [-0.1, -0.05) is 25.0 Å². The van der Waals surface area contributed by atoms with Crippen molar-refractivity contribution >= 4 is 28.6 Å². The first-order valence-corrected chi connectivity index (χ1v) is 8.10. The number of nitrogens with zero attached hydrogens (tertiary/aromatic N) is 1. The van der Waals surface area contributed by atoms with Crippen molar-refractivity contribution in [2.75, 3.05) is 5.32 Å². The summed E-state index contributed by atoms with van der Waals surface area (Å²) in [4.78, 5) is 24.3. The molecule has 1 fully saturated rings. The Morgan fingerprint density at radius 3 is 2.64 bits per heavy atom. The molecule has 2 aromatic rings. The number of hydrogen-bond acceptors (Lipinski definition) is 4. The minimum atomic E-state index is -0.487. The van der Waals surface area contributed by atoms with Crippen LogP contribution in [0.2, 0.25) is 0 Å². The van der Waals surface area contributed by atoms with Gasteiger partial charge >= 0.3 is 0 Å². The molecule has 1 aromatic carbocycles. The van der Waals surface area contributed by atoms with Crippen molar-refractivity contribution in [2.45, 2.75) is 31.1 Å². The highest BCUT2D eigenvalue weighted by molar-refractivity contribution is 7.10. The molecule has 0 aliphatic heterocycles. The molecule has 1 N–H and O–H groups in total. The van der Waals surface area contributed by atoms with Gasteiger partial charge in [-0.3, -0.25) is 14.9 Å². The Hall–Kier alpha value is -2.21. The summed E-state index contributed by atoms with van der Waals surface area (Å²) in [6.45, 7) is 0. The van der Waals surface area contributed by atoms with Gasteiger partial charge in [-0.15, -0.1) is 11.3 Å². The van der Waals surface area contributed by atoms with E-state index in [1.807, 2.05) is 17.5 Å². The summed E-state index contributed by atoms with van der Waals surface area (Å²) < 4.78 is 0. The van der Waals surface area contributed by atoms with Gasteiger partial charge < -0.3 is 5.32 Å². The highest BCUT2D eigenvalue weighted by Gasteiger charge is 2.43. The van der Waals surface area contributed by atoms with E-state index in [0.29, 0.717) is 5.69 Å². The summed E-state index contributed by atoms with van der Waals surface area (Å²) in [6, 6.07) is 10.0. The molecule has 1 aliphatic rings. The summed E-state index contributed by atoms with van der Waals surface area (Å²) in [7, 11) is 0. The lowest BCUT2D eigenvalue weighted by atomic mass is 9.83. The van der Waals surface area contributed by atoms with E-state index in [1.165, 1.54) is 12.1 Å². The number of anilines is 1. The van der Waals surface area contributed by atoms with Crippen LogP contribution in [0.3, 0.4) is 0 Å². The van der Waals surface area contributed by atoms with Gasteiger partial charge in [0.25, 0.3) is 5.69 Å². The topological polar surface area (TPSA) is 72.2 Å². The van der Waals surface area contributed by atoms with Crippen LogP contribution in [0.4, 0.5) is 11.4 Å². The Labute approximate surface area is 132 Å². The maximum atomic E-state index is 12.8. The van der Waals surface area contributed by atoms with Crippen molar-refractivity contribution in [3.05, 3.63) is 56.8 Å². The van der Waals surface area contributed by atoms with E-state index in [4.69, 9.17) is 0 Å². The third kappa shape index (κ3) is 2.62. The maximum absolute atomic E-state index is 12.8. The number of nitro benzene ring substituents is 1. The quantitative estimate of drug-likeness (QED) is 0.681. The molecule has 0 bridgehead atoms. The summed E-state index contributed by atoms with van der Waals surface area (Å²) in [6.07, 6.45) is 3.71. The van der Waals surface area contributed by atoms with Crippen LogP contribution >= 0.6 is 11.3 Å². The molecule has 3 rings (SSSR count). The number of amides is 1. The average Bonchev–Trinajstić information content (AvgIpc) is 3.19. The van der Waals surface area contributed by atoms with Crippen molar-refractivity contribution in [2.24, 2.45) is 0 Å². The van der Waals surface area contributed by atoms with Crippen LogP contribution in [-0.2, 0) is 10.2 Å². The van der Waals surface area contributed by atoms with Crippen LogP contribution in [0.25, 0.3) is 0 Å². The minimum Gasteiger partial charge on any atom is -0.325 e. The molecule has 5 nitrogen and oxygen atoms in total. The summed E-state index contributed by atoms with van der Waals surface area (Å²) in [5.41, 5.74) is -0.0323. The predicted molar refractivity (Wildman–Crippen MR) is 86.2 cm³/mol. The molecule has 0 unspecified atom stereocenters. The lowest BCUT2D eigenvalue weighted by Gasteiger charge is -2.26. The Balaban J connectivity index is 1.86. The Kier molecular flexibility index (Phi) is 3.94. The molecule has 1 saturated carbocycles. The second kappa shape index (κ2) is 5.88. The van der Waals surface area contributed by atoms with Crippen molar-refractivity contribution < 1.29 is 9.72 Å². The number of non-ortho nitro benzene ring substituents is 1. The number of benzene rings is 1. The molecule has 22 heavy (non-hydrogen) atoms. The normalized spacial score (nSPS) is 16.4. The lowest BCUT2D eigenvalue weighted by molar-refractivity contribution is -0.384. The van der Waals surface area contributed by atoms with Gasteiger partial charge in [-0.25, -0.2) is 0 Å². The largest absolute Gasteiger partial charge is 0.325 e. The average molecular weight is 316 g/mol. The Morgan fingerprint density at radius 2 is 2.00 bits per heavy atom. The first-order valence-electron chi connectivity index (χ1n) is 7.22. The molecule has 1 amide bonds. The zero-order valence-electron chi connectivity index (χ0n) is 12.0. The smallest absolute Gasteiger partial charge is 0.271 e. The first-order chi connectivity index (χ1) is 10.6. The zero-order chi connectivity index (χ0) is 15.6. The van der Waals surface area contributed by atoms with Gasteiger partial charge in [-0.05, 0) is 30.4 Å². The van der Waals surface area contributed by atoms with E-state index >= 15 is 0 Å². The first kappa shape index (κ1) is 14.7. The summed E-state index contributed by atoms with van der Waals surface area (Å²) in [5.74, 6) is -0.0621. The third-order valence-corrected chi connectivity index (χ3v) is 5.27. The third-order valence-electron chi connectivity index (χ3n) is 4.20. The maximum Gasteiger partial charge on any atom is 0.271 e. The highest BCUT2D eigenvalue weighted by atomic mass is 32.1. The van der Waals surface area contributed by atoms with Gasteiger partial charge in [0.1, 0.15) is 0 Å². The molecule has 1 heterocycles. The Morgan fingerprint density at radius 1 is 1.23 bits per heavy atom. The van der Waals surface area contributed by atoms with Crippen molar-refractivity contribution in [3.63, 3.8) is 0 Å². The minimum absolute atomic E-state index is 0.0191. The number of hydrogen-bond donors (Lipinski definition) is 1. The van der Waals surface area contributed by atoms with Gasteiger partial charge in [0, 0.05) is 22.7 Å². The molecule has 0 atom stereocenters. The van der Waals surface area contributed by atoms with E-state index < -0.39 is 10.3 Å². The fourth-order valence-electron chi connectivity index (χ4n) is 3.06. The van der Waals surface area contributed by atoms with Crippen molar-refractivity contribution in [1.29, 1.82) is 0 Å². The molecular formula is C16H16N2O3S. The molecule has 0 radical (unpaired) electrons. The highest BCUT2D eigenvalue weighted by Crippen LogP contribution is 2.44. The zero-order valence-corrected chi connectivity index (χ0v) is 12.8. The van der Waals surface area contributed by atoms with Crippen LogP contribution in [0, 0.1) is 10.1 Å². The van der Waals surface area contributed by atoms with Gasteiger partial charge in [0.05, 0.1) is 10.3 Å². The van der Waals surface area contributed by atoms with Crippen molar-refractivity contribution in [1.82, 2.24) is 0 Å². The van der Waals surface area contributed by atoms with Gasteiger partial charge in [0.2, 0.25) is 5.91 Å². The number of carbonyl (C=O) groups excluding carboxylic acids is 1. The standard InChI is InChI=1S/C16H16N2O3S/c19-15(17-12-5-3-6-13(11-12)18(20)21)16(8-1-2-9-16)14-7-4-10-22-14/h3-7,10-11H,1-2,8-9H2,(H,17,19).